The number of carbonyl (C=O) groups is 2. The fourth-order valence-electron chi connectivity index (χ4n) is 2.54. The highest BCUT2D eigenvalue weighted by atomic mass is 16.5. The van der Waals surface area contributed by atoms with Crippen molar-refractivity contribution >= 4 is 11.8 Å². The maximum Gasteiger partial charge on any atom is 0.260 e. The van der Waals surface area contributed by atoms with Gasteiger partial charge in [-0.05, 0) is 48.2 Å². The molecule has 0 unspecified atom stereocenters. The van der Waals surface area contributed by atoms with Crippen molar-refractivity contribution in [1.29, 1.82) is 5.26 Å². The van der Waals surface area contributed by atoms with Gasteiger partial charge < -0.3 is 15.0 Å². The number of nitriles is 1. The maximum absolute atomic E-state index is 12.1. The number of benzene rings is 2. The quantitative estimate of drug-likeness (QED) is 0.819. The van der Waals surface area contributed by atoms with Crippen molar-refractivity contribution in [1.82, 2.24) is 10.2 Å². The third kappa shape index (κ3) is 5.32. The molecule has 0 bridgehead atoms. The first-order valence-electron chi connectivity index (χ1n) is 8.82. The van der Waals surface area contributed by atoms with Crippen LogP contribution < -0.4 is 10.1 Å². The molecule has 2 aromatic rings. The van der Waals surface area contributed by atoms with Crippen molar-refractivity contribution < 1.29 is 14.3 Å². The molecule has 1 N–H and O–H groups in total. The van der Waals surface area contributed by atoms with Crippen molar-refractivity contribution in [2.24, 2.45) is 0 Å². The van der Waals surface area contributed by atoms with Gasteiger partial charge in [-0.25, -0.2) is 0 Å². The van der Waals surface area contributed by atoms with E-state index in [9.17, 15) is 9.59 Å². The minimum absolute atomic E-state index is 0.0380. The number of amides is 2. The van der Waals surface area contributed by atoms with Crippen LogP contribution in [0.1, 0.15) is 18.4 Å². The molecule has 6 heteroatoms. The average molecular weight is 363 g/mol. The van der Waals surface area contributed by atoms with Crippen molar-refractivity contribution in [2.45, 2.75) is 18.9 Å². The molecule has 2 amide bonds. The molecule has 0 saturated heterocycles. The average Bonchev–Trinajstić information content (AvgIpc) is 3.50. The Morgan fingerprint density at radius 1 is 1.11 bits per heavy atom. The molecule has 6 nitrogen and oxygen atoms in total. The van der Waals surface area contributed by atoms with Gasteiger partial charge >= 0.3 is 0 Å². The van der Waals surface area contributed by atoms with Gasteiger partial charge in [0.15, 0.2) is 6.61 Å². The lowest BCUT2D eigenvalue weighted by Crippen LogP contribution is -2.40. The van der Waals surface area contributed by atoms with Crippen LogP contribution in [0.2, 0.25) is 0 Å². The van der Waals surface area contributed by atoms with E-state index in [1.807, 2.05) is 24.3 Å². The van der Waals surface area contributed by atoms with Gasteiger partial charge in [-0.15, -0.1) is 0 Å². The molecule has 0 atom stereocenters. The number of hydrogen-bond acceptors (Lipinski definition) is 4. The summed E-state index contributed by atoms with van der Waals surface area (Å²) in [5, 5.41) is 11.7. The molecule has 1 aliphatic rings. The first kappa shape index (κ1) is 18.5. The number of rotatable bonds is 7. The topological polar surface area (TPSA) is 82.4 Å². The summed E-state index contributed by atoms with van der Waals surface area (Å²) in [5.74, 6) is 0.189. The number of nitrogens with one attached hydrogen (secondary N) is 1. The van der Waals surface area contributed by atoms with Crippen LogP contribution in [0.15, 0.2) is 48.5 Å². The van der Waals surface area contributed by atoms with E-state index in [2.05, 4.69) is 11.4 Å². The number of hydrogen-bond donors (Lipinski definition) is 1. The van der Waals surface area contributed by atoms with E-state index in [1.165, 1.54) is 4.90 Å². The SMILES string of the molecule is CN(CC(=O)NC1CC1)C(=O)COc1ccc(-c2ccc(C#N)cc2)cc1. The normalized spacial score (nSPS) is 12.7. The number of nitrogens with zero attached hydrogens (tertiary/aromatic N) is 2. The van der Waals surface area contributed by atoms with Crippen LogP contribution in [-0.2, 0) is 9.59 Å². The minimum Gasteiger partial charge on any atom is -0.484 e. The highest BCUT2D eigenvalue weighted by Gasteiger charge is 2.24. The molecular weight excluding hydrogens is 342 g/mol. The molecule has 0 aliphatic heterocycles. The van der Waals surface area contributed by atoms with E-state index in [1.54, 1.807) is 31.3 Å². The summed E-state index contributed by atoms with van der Waals surface area (Å²) in [6.07, 6.45) is 2.04. The summed E-state index contributed by atoms with van der Waals surface area (Å²) >= 11 is 0. The fraction of sp³-hybridized carbons (Fsp3) is 0.286. The second kappa shape index (κ2) is 8.37. The Morgan fingerprint density at radius 3 is 2.26 bits per heavy atom. The smallest absolute Gasteiger partial charge is 0.260 e. The molecule has 2 aromatic carbocycles. The van der Waals surface area contributed by atoms with Crippen LogP contribution >= 0.6 is 0 Å². The Bertz CT molecular complexity index is 850. The minimum atomic E-state index is -0.253. The van der Waals surface area contributed by atoms with Gasteiger partial charge in [0.2, 0.25) is 5.91 Å². The molecule has 0 aromatic heterocycles. The van der Waals surface area contributed by atoms with Gasteiger partial charge in [0.05, 0.1) is 18.2 Å². The summed E-state index contributed by atoms with van der Waals surface area (Å²) in [4.78, 5) is 25.2. The predicted molar refractivity (Wildman–Crippen MR) is 101 cm³/mol. The van der Waals surface area contributed by atoms with Gasteiger partial charge in [0.25, 0.3) is 5.91 Å². The lowest BCUT2D eigenvalue weighted by atomic mass is 10.0. The van der Waals surface area contributed by atoms with Crippen molar-refractivity contribution in [3.05, 3.63) is 54.1 Å². The maximum atomic E-state index is 12.1. The van der Waals surface area contributed by atoms with E-state index in [-0.39, 0.29) is 31.0 Å². The lowest BCUT2D eigenvalue weighted by molar-refractivity contribution is -0.136. The first-order chi connectivity index (χ1) is 13.0. The molecule has 0 radical (unpaired) electrons. The van der Waals surface area contributed by atoms with Gasteiger partial charge in [-0.3, -0.25) is 9.59 Å². The molecule has 138 valence electrons. The Morgan fingerprint density at radius 2 is 1.70 bits per heavy atom. The second-order valence-electron chi connectivity index (χ2n) is 6.59. The number of carbonyl (C=O) groups excluding carboxylic acids is 2. The zero-order valence-electron chi connectivity index (χ0n) is 15.1. The summed E-state index contributed by atoms with van der Waals surface area (Å²) in [6.45, 7) is -0.0836. The fourth-order valence-corrected chi connectivity index (χ4v) is 2.54. The Balaban J connectivity index is 1.49. The third-order valence-corrected chi connectivity index (χ3v) is 4.31. The molecule has 1 fully saturated rings. The van der Waals surface area contributed by atoms with Crippen molar-refractivity contribution in [3.63, 3.8) is 0 Å². The van der Waals surface area contributed by atoms with Crippen LogP contribution in [0.5, 0.6) is 5.75 Å². The largest absolute Gasteiger partial charge is 0.484 e. The van der Waals surface area contributed by atoms with Crippen LogP contribution in [0.3, 0.4) is 0 Å². The van der Waals surface area contributed by atoms with E-state index in [0.717, 1.165) is 24.0 Å². The molecule has 27 heavy (non-hydrogen) atoms. The highest BCUT2D eigenvalue weighted by molar-refractivity contribution is 5.85. The molecule has 1 aliphatic carbocycles. The molecule has 0 heterocycles. The summed E-state index contributed by atoms with van der Waals surface area (Å²) < 4.78 is 5.53. The monoisotopic (exact) mass is 363 g/mol. The Hall–Kier alpha value is -3.33. The van der Waals surface area contributed by atoms with E-state index in [4.69, 9.17) is 10.00 Å². The molecule has 0 spiro atoms. The van der Waals surface area contributed by atoms with Gasteiger partial charge in [0.1, 0.15) is 5.75 Å². The second-order valence-corrected chi connectivity index (χ2v) is 6.59. The predicted octanol–water partition coefficient (Wildman–Crippen LogP) is 2.34. The van der Waals surface area contributed by atoms with Gasteiger partial charge in [-0.2, -0.15) is 5.26 Å². The van der Waals surface area contributed by atoms with E-state index >= 15 is 0 Å². The third-order valence-electron chi connectivity index (χ3n) is 4.31. The zero-order chi connectivity index (χ0) is 19.2. The Kier molecular flexibility index (Phi) is 5.72. The summed E-state index contributed by atoms with van der Waals surface area (Å²) in [7, 11) is 1.59. The van der Waals surface area contributed by atoms with E-state index in [0.29, 0.717) is 11.3 Å². The van der Waals surface area contributed by atoms with Crippen molar-refractivity contribution in [2.75, 3.05) is 20.2 Å². The van der Waals surface area contributed by atoms with Gasteiger partial charge in [-0.1, -0.05) is 24.3 Å². The lowest BCUT2D eigenvalue weighted by Gasteiger charge is -2.17. The van der Waals surface area contributed by atoms with Gasteiger partial charge in [0, 0.05) is 13.1 Å². The van der Waals surface area contributed by atoms with E-state index < -0.39 is 0 Å². The van der Waals surface area contributed by atoms with Crippen molar-refractivity contribution in [3.8, 4) is 22.9 Å². The standard InChI is InChI=1S/C21H21N3O3/c1-24(13-20(25)23-18-8-9-18)21(26)14-27-19-10-6-17(7-11-19)16-4-2-15(12-22)3-5-16/h2-7,10-11,18H,8-9,13-14H2,1H3,(H,23,25). The number of likely N-dealkylation sites (N-methyl/N-ethyl adjacent to an activating group) is 1. The first-order valence-corrected chi connectivity index (χ1v) is 8.82. The number of ether oxygens (including phenoxy) is 1. The van der Waals surface area contributed by atoms with Crippen LogP contribution in [0.25, 0.3) is 11.1 Å². The van der Waals surface area contributed by atoms with Crippen LogP contribution in [0.4, 0.5) is 0 Å². The summed E-state index contributed by atoms with van der Waals surface area (Å²) in [6, 6.07) is 17.1. The molecular formula is C21H21N3O3. The molecule has 1 saturated carbocycles. The van der Waals surface area contributed by atoms with Crippen LogP contribution in [-0.4, -0.2) is 43.0 Å². The zero-order valence-corrected chi connectivity index (χ0v) is 15.1. The summed E-state index contributed by atoms with van der Waals surface area (Å²) in [5.41, 5.74) is 2.61. The highest BCUT2D eigenvalue weighted by Crippen LogP contribution is 2.23. The Labute approximate surface area is 158 Å². The molecule has 3 rings (SSSR count). The van der Waals surface area contributed by atoms with Crippen LogP contribution in [0, 0.1) is 11.3 Å².